The van der Waals surface area contributed by atoms with Crippen LogP contribution in [0.15, 0.2) is 28.2 Å². The molecule has 1 unspecified atom stereocenters. The molecule has 0 saturated heterocycles. The molecule has 3 N–H and O–H groups in total. The third-order valence-corrected chi connectivity index (χ3v) is 4.03. The fraction of sp³-hybridized carbons (Fsp3) is 0.333. The Morgan fingerprint density at radius 1 is 1.44 bits per heavy atom. The Morgan fingerprint density at radius 3 is 2.83 bits per heavy atom. The molecule has 2 heterocycles. The van der Waals surface area contributed by atoms with Gasteiger partial charge in [-0.05, 0) is 35.0 Å². The van der Waals surface area contributed by atoms with Crippen LogP contribution in [0.4, 0.5) is 0 Å². The number of rotatable bonds is 5. The van der Waals surface area contributed by atoms with Crippen LogP contribution >= 0.6 is 27.3 Å². The monoisotopic (exact) mass is 326 g/mol. The number of hydrogen-bond acceptors (Lipinski definition) is 5. The van der Waals surface area contributed by atoms with Crippen LogP contribution in [0.1, 0.15) is 16.4 Å². The molecule has 0 aromatic carbocycles. The maximum Gasteiger partial charge on any atom is 0.0944 e. The quantitative estimate of drug-likeness (QED) is 0.653. The van der Waals surface area contributed by atoms with E-state index in [0.717, 1.165) is 33.7 Å². The lowest BCUT2D eigenvalue weighted by molar-refractivity contribution is 0.516. The highest BCUT2D eigenvalue weighted by molar-refractivity contribution is 9.10. The van der Waals surface area contributed by atoms with Crippen molar-refractivity contribution in [2.45, 2.75) is 25.8 Å². The lowest BCUT2D eigenvalue weighted by atomic mass is 10.1. The predicted molar refractivity (Wildman–Crippen MR) is 77.3 cm³/mol. The van der Waals surface area contributed by atoms with Crippen LogP contribution in [0, 0.1) is 6.92 Å². The van der Waals surface area contributed by atoms with Crippen LogP contribution in [0.5, 0.6) is 0 Å². The van der Waals surface area contributed by atoms with Gasteiger partial charge in [-0.15, -0.1) is 11.3 Å². The number of hydrogen-bond donors (Lipinski definition) is 2. The van der Waals surface area contributed by atoms with Crippen molar-refractivity contribution in [2.75, 3.05) is 0 Å². The van der Waals surface area contributed by atoms with Gasteiger partial charge in [0.25, 0.3) is 0 Å². The van der Waals surface area contributed by atoms with E-state index >= 15 is 0 Å². The minimum absolute atomic E-state index is 0.157. The predicted octanol–water partition coefficient (Wildman–Crippen LogP) is 2.23. The van der Waals surface area contributed by atoms with E-state index in [-0.39, 0.29) is 6.04 Å². The topological polar surface area (TPSA) is 63.8 Å². The average molecular weight is 327 g/mol. The minimum atomic E-state index is 0.157. The van der Waals surface area contributed by atoms with Crippen LogP contribution in [-0.4, -0.2) is 16.0 Å². The average Bonchev–Trinajstić information content (AvgIpc) is 2.77. The molecule has 0 radical (unpaired) electrons. The molecule has 0 fully saturated rings. The lowest BCUT2D eigenvalue weighted by Gasteiger charge is -2.13. The second kappa shape index (κ2) is 6.38. The van der Waals surface area contributed by atoms with Gasteiger partial charge in [-0.2, -0.15) is 0 Å². The van der Waals surface area contributed by atoms with Gasteiger partial charge in [0.1, 0.15) is 0 Å². The van der Waals surface area contributed by atoms with Gasteiger partial charge >= 0.3 is 0 Å². The molecule has 0 bridgehead atoms. The number of halogens is 1. The van der Waals surface area contributed by atoms with Crippen molar-refractivity contribution in [3.8, 4) is 0 Å². The Labute approximate surface area is 119 Å². The normalized spacial score (nSPS) is 12.6. The van der Waals surface area contributed by atoms with Crippen molar-refractivity contribution in [2.24, 2.45) is 5.84 Å². The number of pyridine rings is 1. The third kappa shape index (κ3) is 3.84. The molecule has 0 spiro atoms. The first-order chi connectivity index (χ1) is 8.67. The van der Waals surface area contributed by atoms with Gasteiger partial charge < -0.3 is 0 Å². The van der Waals surface area contributed by atoms with E-state index in [1.807, 2.05) is 19.1 Å². The van der Waals surface area contributed by atoms with Crippen molar-refractivity contribution < 1.29 is 0 Å². The molecule has 0 aliphatic rings. The highest BCUT2D eigenvalue weighted by atomic mass is 79.9. The summed E-state index contributed by atoms with van der Waals surface area (Å²) in [6, 6.07) is 4.15. The van der Waals surface area contributed by atoms with E-state index in [0.29, 0.717) is 0 Å². The smallest absolute Gasteiger partial charge is 0.0944 e. The Bertz CT molecular complexity index is 497. The van der Waals surface area contributed by atoms with Gasteiger partial charge in [0.2, 0.25) is 0 Å². The van der Waals surface area contributed by atoms with E-state index in [1.54, 1.807) is 17.5 Å². The molecule has 4 nitrogen and oxygen atoms in total. The number of nitrogens with one attached hydrogen (secondary N) is 1. The van der Waals surface area contributed by atoms with E-state index in [9.17, 15) is 0 Å². The molecule has 18 heavy (non-hydrogen) atoms. The Balaban J connectivity index is 1.99. The standard InChI is InChI=1S/C12H15BrN4S/c1-8-7-18-12(16-8)5-11(17-14)4-10-3-2-9(13)6-15-10/h2-3,6-7,11,17H,4-5,14H2,1H3. The second-order valence-electron chi connectivity index (χ2n) is 4.12. The highest BCUT2D eigenvalue weighted by Crippen LogP contribution is 2.14. The van der Waals surface area contributed by atoms with E-state index < -0.39 is 0 Å². The maximum absolute atomic E-state index is 5.59. The van der Waals surface area contributed by atoms with Crippen molar-refractivity contribution in [3.63, 3.8) is 0 Å². The summed E-state index contributed by atoms with van der Waals surface area (Å²) in [5.74, 6) is 5.59. The van der Waals surface area contributed by atoms with Gasteiger partial charge in [0.15, 0.2) is 0 Å². The van der Waals surface area contributed by atoms with Crippen LogP contribution in [-0.2, 0) is 12.8 Å². The van der Waals surface area contributed by atoms with Crippen LogP contribution < -0.4 is 11.3 Å². The molecule has 2 rings (SSSR count). The molecule has 0 saturated carbocycles. The van der Waals surface area contributed by atoms with Crippen LogP contribution in [0.25, 0.3) is 0 Å². The molecule has 0 aliphatic carbocycles. The molecule has 1 atom stereocenters. The van der Waals surface area contributed by atoms with Crippen molar-refractivity contribution in [1.29, 1.82) is 0 Å². The van der Waals surface area contributed by atoms with E-state index in [2.05, 4.69) is 36.7 Å². The number of nitrogens with two attached hydrogens (primary N) is 1. The summed E-state index contributed by atoms with van der Waals surface area (Å²) < 4.78 is 0.985. The first-order valence-corrected chi connectivity index (χ1v) is 7.32. The first-order valence-electron chi connectivity index (χ1n) is 5.65. The lowest BCUT2D eigenvalue weighted by Crippen LogP contribution is -2.38. The third-order valence-electron chi connectivity index (χ3n) is 2.57. The fourth-order valence-corrected chi connectivity index (χ4v) is 2.76. The summed E-state index contributed by atoms with van der Waals surface area (Å²) in [5, 5.41) is 3.16. The van der Waals surface area contributed by atoms with E-state index in [4.69, 9.17) is 5.84 Å². The zero-order valence-corrected chi connectivity index (χ0v) is 12.5. The molecule has 0 aliphatic heterocycles. The number of aromatic nitrogens is 2. The minimum Gasteiger partial charge on any atom is -0.271 e. The van der Waals surface area contributed by atoms with Gasteiger partial charge in [-0.25, -0.2) is 4.98 Å². The summed E-state index contributed by atoms with van der Waals surface area (Å²) in [6.45, 7) is 2.00. The van der Waals surface area contributed by atoms with Crippen LogP contribution in [0.3, 0.4) is 0 Å². The maximum atomic E-state index is 5.59. The van der Waals surface area contributed by atoms with Gasteiger partial charge in [-0.3, -0.25) is 16.3 Å². The Kier molecular flexibility index (Phi) is 4.82. The zero-order chi connectivity index (χ0) is 13.0. The molecular formula is C12H15BrN4S. The van der Waals surface area contributed by atoms with Gasteiger partial charge in [-0.1, -0.05) is 0 Å². The molecule has 2 aromatic heterocycles. The van der Waals surface area contributed by atoms with Gasteiger partial charge in [0.05, 0.1) is 5.01 Å². The molecule has 6 heteroatoms. The van der Waals surface area contributed by atoms with Crippen LogP contribution in [0.2, 0.25) is 0 Å². The SMILES string of the molecule is Cc1csc(CC(Cc2ccc(Br)cn2)NN)n1. The van der Waals surface area contributed by atoms with Crippen molar-refractivity contribution in [1.82, 2.24) is 15.4 Å². The summed E-state index contributed by atoms with van der Waals surface area (Å²) in [7, 11) is 0. The highest BCUT2D eigenvalue weighted by Gasteiger charge is 2.11. The van der Waals surface area contributed by atoms with E-state index in [1.165, 1.54) is 0 Å². The second-order valence-corrected chi connectivity index (χ2v) is 5.98. The summed E-state index contributed by atoms with van der Waals surface area (Å²) in [6.07, 6.45) is 3.42. The summed E-state index contributed by atoms with van der Waals surface area (Å²) >= 11 is 5.05. The number of hydrazine groups is 1. The van der Waals surface area contributed by atoms with Crippen molar-refractivity contribution in [3.05, 3.63) is 44.6 Å². The molecule has 2 aromatic rings. The number of aryl methyl sites for hydroxylation is 1. The summed E-state index contributed by atoms with van der Waals surface area (Å²) in [5.41, 5.74) is 4.92. The fourth-order valence-electron chi connectivity index (χ4n) is 1.68. The zero-order valence-electron chi connectivity index (χ0n) is 10.1. The van der Waals surface area contributed by atoms with Crippen molar-refractivity contribution >= 4 is 27.3 Å². The Hall–Kier alpha value is -0.820. The first kappa shape index (κ1) is 13.6. The molecule has 96 valence electrons. The summed E-state index contributed by atoms with van der Waals surface area (Å²) in [4.78, 5) is 8.80. The van der Waals surface area contributed by atoms with Gasteiger partial charge in [0, 0.05) is 46.3 Å². The number of nitrogens with zero attached hydrogens (tertiary/aromatic N) is 2. The Morgan fingerprint density at radius 2 is 2.28 bits per heavy atom. The molecular weight excluding hydrogens is 312 g/mol. The number of thiazole rings is 1. The molecule has 0 amide bonds. The largest absolute Gasteiger partial charge is 0.271 e.